The molecular formula is C27H34O13. The molecule has 8 atom stereocenters. The molecule has 0 bridgehead atoms. The van der Waals surface area contributed by atoms with Gasteiger partial charge in [0.25, 0.3) is 0 Å². The number of aromatic hydroxyl groups is 1. The van der Waals surface area contributed by atoms with E-state index in [9.17, 15) is 35.1 Å². The summed E-state index contributed by atoms with van der Waals surface area (Å²) in [5, 5.41) is 49.5. The second-order valence-corrected chi connectivity index (χ2v) is 9.04. The molecule has 0 aromatic heterocycles. The van der Waals surface area contributed by atoms with E-state index in [0.717, 1.165) is 6.26 Å². The van der Waals surface area contributed by atoms with Gasteiger partial charge in [-0.25, -0.2) is 9.59 Å². The fourth-order valence-electron chi connectivity index (χ4n) is 4.39. The average molecular weight is 567 g/mol. The van der Waals surface area contributed by atoms with Gasteiger partial charge in [0, 0.05) is 17.9 Å². The van der Waals surface area contributed by atoms with Crippen molar-refractivity contribution in [2.24, 2.45) is 11.8 Å². The molecule has 0 spiro atoms. The Morgan fingerprint density at radius 1 is 1.10 bits per heavy atom. The molecule has 2 aliphatic heterocycles. The second-order valence-electron chi connectivity index (χ2n) is 9.04. The maximum Gasteiger partial charge on any atom is 0.337 e. The van der Waals surface area contributed by atoms with Gasteiger partial charge in [0.05, 0.1) is 39.3 Å². The Morgan fingerprint density at radius 3 is 2.50 bits per heavy atom. The number of phenols is 1. The molecule has 2 aliphatic rings. The number of carbonyl (C=O) groups is 2. The minimum absolute atomic E-state index is 0.0428. The van der Waals surface area contributed by atoms with Crippen molar-refractivity contribution >= 4 is 18.0 Å². The highest BCUT2D eigenvalue weighted by Gasteiger charge is 2.47. The molecule has 3 rings (SSSR count). The first kappa shape index (κ1) is 31.1. The van der Waals surface area contributed by atoms with Crippen LogP contribution >= 0.6 is 0 Å². The highest BCUT2D eigenvalue weighted by Crippen LogP contribution is 2.37. The predicted octanol–water partition coefficient (Wildman–Crippen LogP) is -0.00460. The molecule has 0 saturated carbocycles. The summed E-state index contributed by atoms with van der Waals surface area (Å²) < 4.78 is 31.9. The van der Waals surface area contributed by atoms with Crippen LogP contribution in [0.4, 0.5) is 0 Å². The Hall–Kier alpha value is -3.46. The highest BCUT2D eigenvalue weighted by atomic mass is 16.8. The summed E-state index contributed by atoms with van der Waals surface area (Å²) in [4.78, 5) is 24.7. The Bertz CT molecular complexity index is 1100. The zero-order chi connectivity index (χ0) is 29.4. The smallest absolute Gasteiger partial charge is 0.337 e. The number of methoxy groups -OCH3 is 2. The van der Waals surface area contributed by atoms with Crippen molar-refractivity contribution in [3.05, 3.63) is 54.3 Å². The summed E-state index contributed by atoms with van der Waals surface area (Å²) in [6.45, 7) is 3.03. The molecule has 0 unspecified atom stereocenters. The lowest BCUT2D eigenvalue weighted by Gasteiger charge is -2.43. The molecule has 1 aromatic rings. The first-order valence-corrected chi connectivity index (χ1v) is 12.4. The fourth-order valence-corrected chi connectivity index (χ4v) is 4.39. The third kappa shape index (κ3) is 7.18. The molecule has 1 fully saturated rings. The van der Waals surface area contributed by atoms with Crippen LogP contribution in [0.1, 0.15) is 12.0 Å². The summed E-state index contributed by atoms with van der Waals surface area (Å²) >= 11 is 0. The summed E-state index contributed by atoms with van der Waals surface area (Å²) in [7, 11) is 2.60. The summed E-state index contributed by atoms with van der Waals surface area (Å²) in [6, 6.07) is 4.55. The maximum absolute atomic E-state index is 12.4. The SMILES string of the molecule is C=C[C@H]1[C@H](O[C@@H]2O[C@H](CO)[C@@H](O)[C@H](O)[C@H]2O)OC=C(C(=O)OC)[C@H]1CCOC(=O)C=Cc1ccc(O)c(OC)c1. The Morgan fingerprint density at radius 2 is 1.85 bits per heavy atom. The lowest BCUT2D eigenvalue weighted by Crippen LogP contribution is -2.60. The van der Waals surface area contributed by atoms with E-state index in [0.29, 0.717) is 5.56 Å². The van der Waals surface area contributed by atoms with Gasteiger partial charge in [0.2, 0.25) is 6.29 Å². The van der Waals surface area contributed by atoms with Gasteiger partial charge in [-0.3, -0.25) is 0 Å². The van der Waals surface area contributed by atoms with E-state index in [1.165, 1.54) is 38.5 Å². The molecule has 13 nitrogen and oxygen atoms in total. The molecule has 5 N–H and O–H groups in total. The van der Waals surface area contributed by atoms with Gasteiger partial charge < -0.3 is 54.0 Å². The summed E-state index contributed by atoms with van der Waals surface area (Å²) in [5.74, 6) is -2.54. The number of benzene rings is 1. The van der Waals surface area contributed by atoms with E-state index in [-0.39, 0.29) is 30.1 Å². The van der Waals surface area contributed by atoms with Gasteiger partial charge in [-0.1, -0.05) is 12.1 Å². The molecule has 13 heteroatoms. The molecule has 1 saturated heterocycles. The number of esters is 2. The number of carbonyl (C=O) groups excluding carboxylic acids is 2. The zero-order valence-electron chi connectivity index (χ0n) is 22.0. The van der Waals surface area contributed by atoms with Crippen LogP contribution in [0.3, 0.4) is 0 Å². The Kier molecular flexibility index (Phi) is 11.1. The highest BCUT2D eigenvalue weighted by molar-refractivity contribution is 5.89. The quantitative estimate of drug-likeness (QED) is 0.137. The minimum atomic E-state index is -1.67. The van der Waals surface area contributed by atoms with Crippen LogP contribution < -0.4 is 4.74 Å². The van der Waals surface area contributed by atoms with Crippen LogP contribution in [-0.4, -0.2) is 102 Å². The third-order valence-corrected chi connectivity index (χ3v) is 6.61. The van der Waals surface area contributed by atoms with Gasteiger partial charge in [0.15, 0.2) is 17.8 Å². The minimum Gasteiger partial charge on any atom is -0.504 e. The normalized spacial score (nSPS) is 30.2. The number of aliphatic hydroxyl groups is 4. The van der Waals surface area contributed by atoms with Crippen LogP contribution in [0.15, 0.2) is 48.8 Å². The van der Waals surface area contributed by atoms with Crippen LogP contribution in [0, 0.1) is 11.8 Å². The van der Waals surface area contributed by atoms with Crippen molar-refractivity contribution in [1.82, 2.24) is 0 Å². The number of aliphatic hydroxyl groups excluding tert-OH is 4. The van der Waals surface area contributed by atoms with Crippen molar-refractivity contribution in [2.45, 2.75) is 43.4 Å². The fraction of sp³-hybridized carbons (Fsp3) is 0.481. The molecule has 0 radical (unpaired) electrons. The van der Waals surface area contributed by atoms with Crippen LogP contribution in [-0.2, 0) is 33.3 Å². The van der Waals surface area contributed by atoms with Gasteiger partial charge in [0.1, 0.15) is 24.4 Å². The predicted molar refractivity (Wildman–Crippen MR) is 136 cm³/mol. The first-order chi connectivity index (χ1) is 19.1. The van der Waals surface area contributed by atoms with E-state index >= 15 is 0 Å². The topological polar surface area (TPSA) is 191 Å². The molecule has 220 valence electrons. The second kappa shape index (κ2) is 14.3. The number of ether oxygens (including phenoxy) is 6. The summed E-state index contributed by atoms with van der Waals surface area (Å²) in [6.07, 6.45) is -3.36. The molecular weight excluding hydrogens is 532 g/mol. The third-order valence-electron chi connectivity index (χ3n) is 6.61. The molecule has 0 amide bonds. The molecule has 2 heterocycles. The molecule has 40 heavy (non-hydrogen) atoms. The van der Waals surface area contributed by atoms with Crippen molar-refractivity contribution < 1.29 is 63.5 Å². The van der Waals surface area contributed by atoms with Crippen molar-refractivity contribution in [3.8, 4) is 11.5 Å². The van der Waals surface area contributed by atoms with Gasteiger partial charge >= 0.3 is 11.9 Å². The first-order valence-electron chi connectivity index (χ1n) is 12.4. The monoisotopic (exact) mass is 566 g/mol. The van der Waals surface area contributed by atoms with Gasteiger partial charge in [-0.15, -0.1) is 6.58 Å². The maximum atomic E-state index is 12.4. The number of rotatable bonds is 11. The zero-order valence-corrected chi connectivity index (χ0v) is 22.0. The van der Waals surface area contributed by atoms with E-state index in [1.54, 1.807) is 12.1 Å². The lowest BCUT2D eigenvalue weighted by molar-refractivity contribution is -0.339. The van der Waals surface area contributed by atoms with Crippen molar-refractivity contribution in [3.63, 3.8) is 0 Å². The van der Waals surface area contributed by atoms with Crippen LogP contribution in [0.25, 0.3) is 6.08 Å². The van der Waals surface area contributed by atoms with E-state index in [2.05, 4.69) is 6.58 Å². The largest absolute Gasteiger partial charge is 0.504 e. The number of hydrogen-bond acceptors (Lipinski definition) is 13. The summed E-state index contributed by atoms with van der Waals surface area (Å²) in [5.41, 5.74) is 0.718. The average Bonchev–Trinajstić information content (AvgIpc) is 2.96. The van der Waals surface area contributed by atoms with E-state index in [1.807, 2.05) is 0 Å². The number of hydrogen-bond donors (Lipinski definition) is 5. The van der Waals surface area contributed by atoms with E-state index < -0.39 is 67.4 Å². The number of phenolic OH excluding ortho intramolecular Hbond substituents is 1. The van der Waals surface area contributed by atoms with Gasteiger partial charge in [-0.2, -0.15) is 0 Å². The van der Waals surface area contributed by atoms with Crippen molar-refractivity contribution in [1.29, 1.82) is 0 Å². The lowest BCUT2D eigenvalue weighted by atomic mass is 9.82. The van der Waals surface area contributed by atoms with Crippen LogP contribution in [0.5, 0.6) is 11.5 Å². The standard InChI is InChI=1S/C27H34O13/c1-4-15-16(9-10-37-21(30)8-6-14-5-7-18(29)19(11-14)35-2)17(25(34)36-3)13-38-26(15)40-27-24(33)23(32)22(31)20(12-28)39-27/h4-8,11,13,15-16,20,22-24,26-29,31-33H,1,9-10,12H2,2-3H3/t15-,16+,20-,22-,23+,24-,26+,27+/m1/s1. The van der Waals surface area contributed by atoms with Crippen molar-refractivity contribution in [2.75, 3.05) is 27.4 Å². The van der Waals surface area contributed by atoms with E-state index in [4.69, 9.17) is 28.4 Å². The Labute approximate surface area is 230 Å². The Balaban J connectivity index is 1.68. The van der Waals surface area contributed by atoms with Crippen LogP contribution in [0.2, 0.25) is 0 Å². The molecule has 1 aromatic carbocycles. The van der Waals surface area contributed by atoms with Gasteiger partial charge in [-0.05, 0) is 30.2 Å². The molecule has 0 aliphatic carbocycles.